The number of H-pyrrole nitrogens is 1. The number of thiophene rings is 1. The van der Waals surface area contributed by atoms with Crippen LogP contribution in [-0.4, -0.2) is 27.2 Å². The van der Waals surface area contributed by atoms with E-state index in [-0.39, 0.29) is 22.8 Å². The Hall–Kier alpha value is -1.34. The number of aryl methyl sites for hydroxylation is 1. The Morgan fingerprint density at radius 2 is 2.08 bits per heavy atom. The second kappa shape index (κ2) is 8.57. The Balaban J connectivity index is 2.19. The molecule has 2 aromatic rings. The minimum absolute atomic E-state index is 0.0515. The average molecular weight is 396 g/mol. The molecule has 1 atom stereocenters. The first-order valence-electron chi connectivity index (χ1n) is 9.13. The zero-order valence-corrected chi connectivity index (χ0v) is 18.1. The third-order valence-electron chi connectivity index (χ3n) is 4.79. The number of aromatic nitrogens is 2. The van der Waals surface area contributed by atoms with Crippen LogP contribution in [0.2, 0.25) is 0 Å². The molecule has 1 amide bonds. The number of nitrogens with zero attached hydrogens (tertiary/aromatic N) is 1. The van der Waals surface area contributed by atoms with Gasteiger partial charge in [-0.2, -0.15) is 0 Å². The highest BCUT2D eigenvalue weighted by atomic mass is 32.2. The number of aromatic amines is 1. The van der Waals surface area contributed by atoms with Gasteiger partial charge in [0.05, 0.1) is 11.1 Å². The van der Waals surface area contributed by atoms with Crippen molar-refractivity contribution < 1.29 is 4.79 Å². The van der Waals surface area contributed by atoms with Crippen molar-refractivity contribution in [2.45, 2.75) is 71.5 Å². The van der Waals surface area contributed by atoms with Gasteiger partial charge in [-0.25, -0.2) is 4.98 Å². The lowest BCUT2D eigenvalue weighted by Gasteiger charge is -2.24. The average Bonchev–Trinajstić information content (AvgIpc) is 2.88. The van der Waals surface area contributed by atoms with Crippen LogP contribution >= 0.6 is 23.1 Å². The Labute approximate surface area is 163 Å². The number of fused-ring (bicyclic) bond motifs is 1. The lowest BCUT2D eigenvalue weighted by molar-refractivity contribution is -0.120. The molecule has 2 rings (SSSR count). The summed E-state index contributed by atoms with van der Waals surface area (Å²) < 4.78 is 0. The van der Waals surface area contributed by atoms with Crippen LogP contribution in [0.3, 0.4) is 0 Å². The molecule has 5 nitrogen and oxygen atoms in total. The molecule has 0 spiro atoms. The van der Waals surface area contributed by atoms with E-state index in [4.69, 9.17) is 0 Å². The second-order valence-electron chi connectivity index (χ2n) is 7.48. The third kappa shape index (κ3) is 5.10. The summed E-state index contributed by atoms with van der Waals surface area (Å²) in [6.07, 6.45) is 2.84. The van der Waals surface area contributed by atoms with Crippen molar-refractivity contribution in [1.29, 1.82) is 0 Å². The maximum Gasteiger partial charge on any atom is 0.260 e. The van der Waals surface area contributed by atoms with Gasteiger partial charge >= 0.3 is 0 Å². The normalized spacial score (nSPS) is 13.2. The Morgan fingerprint density at radius 3 is 2.69 bits per heavy atom. The van der Waals surface area contributed by atoms with Crippen molar-refractivity contribution in [3.05, 3.63) is 20.8 Å². The molecule has 144 valence electrons. The molecule has 0 aliphatic heterocycles. The molecular formula is C19H29N3O2S2. The second-order valence-corrected chi connectivity index (χ2v) is 9.65. The molecular weight excluding hydrogens is 366 g/mol. The van der Waals surface area contributed by atoms with Crippen LogP contribution in [0, 0.1) is 12.8 Å². The van der Waals surface area contributed by atoms with E-state index in [9.17, 15) is 9.59 Å². The predicted octanol–water partition coefficient (Wildman–Crippen LogP) is 4.28. The number of hydrogen-bond acceptors (Lipinski definition) is 5. The topological polar surface area (TPSA) is 74.8 Å². The number of amides is 1. The van der Waals surface area contributed by atoms with E-state index in [0.29, 0.717) is 16.5 Å². The first-order valence-corrected chi connectivity index (χ1v) is 10.9. The Bertz CT molecular complexity index is 839. The number of thioether (sulfide) groups is 1. The summed E-state index contributed by atoms with van der Waals surface area (Å²) in [4.78, 5) is 34.1. The lowest BCUT2D eigenvalue weighted by Crippen LogP contribution is -2.43. The molecule has 7 heteroatoms. The summed E-state index contributed by atoms with van der Waals surface area (Å²) >= 11 is 2.83. The number of nitrogens with one attached hydrogen (secondary N) is 2. The van der Waals surface area contributed by atoms with Crippen molar-refractivity contribution in [3.63, 3.8) is 0 Å². The smallest absolute Gasteiger partial charge is 0.260 e. The molecule has 2 heterocycles. The van der Waals surface area contributed by atoms with E-state index in [1.807, 2.05) is 20.8 Å². The lowest BCUT2D eigenvalue weighted by atomic mass is 9.98. The molecule has 0 radical (unpaired) electrons. The van der Waals surface area contributed by atoms with E-state index < -0.39 is 0 Å². The SMILES string of the molecule is CCC(C)Cc1c(C)sc2nc(SCC(=O)NC(C)(C)CC)[nH]c(=O)c12. The molecule has 26 heavy (non-hydrogen) atoms. The molecule has 0 aliphatic carbocycles. The van der Waals surface area contributed by atoms with Gasteiger partial charge in [0, 0.05) is 10.4 Å². The highest BCUT2D eigenvalue weighted by Gasteiger charge is 2.19. The van der Waals surface area contributed by atoms with E-state index in [1.54, 1.807) is 11.3 Å². The molecule has 0 saturated heterocycles. The first-order chi connectivity index (χ1) is 12.2. The molecule has 2 aromatic heterocycles. The minimum Gasteiger partial charge on any atom is -0.351 e. The van der Waals surface area contributed by atoms with Gasteiger partial charge < -0.3 is 10.3 Å². The van der Waals surface area contributed by atoms with Gasteiger partial charge in [-0.05, 0) is 45.1 Å². The van der Waals surface area contributed by atoms with Crippen molar-refractivity contribution in [2.75, 3.05) is 5.75 Å². The molecule has 2 N–H and O–H groups in total. The molecule has 0 fully saturated rings. The van der Waals surface area contributed by atoms with Gasteiger partial charge in [0.1, 0.15) is 4.83 Å². The summed E-state index contributed by atoms with van der Waals surface area (Å²) in [6.45, 7) is 12.4. The van der Waals surface area contributed by atoms with Gasteiger partial charge in [0.15, 0.2) is 5.16 Å². The molecule has 0 saturated carbocycles. The van der Waals surface area contributed by atoms with Crippen LogP contribution < -0.4 is 10.9 Å². The van der Waals surface area contributed by atoms with Gasteiger partial charge in [0.25, 0.3) is 5.56 Å². The van der Waals surface area contributed by atoms with E-state index >= 15 is 0 Å². The van der Waals surface area contributed by atoms with Gasteiger partial charge in [-0.1, -0.05) is 39.0 Å². The van der Waals surface area contributed by atoms with Crippen molar-refractivity contribution in [1.82, 2.24) is 15.3 Å². The maximum absolute atomic E-state index is 12.6. The van der Waals surface area contributed by atoms with Crippen LogP contribution in [0.5, 0.6) is 0 Å². The zero-order valence-electron chi connectivity index (χ0n) is 16.5. The Morgan fingerprint density at radius 1 is 1.38 bits per heavy atom. The predicted molar refractivity (Wildman–Crippen MR) is 111 cm³/mol. The van der Waals surface area contributed by atoms with Gasteiger partial charge in [-0.15, -0.1) is 11.3 Å². The Kier molecular flexibility index (Phi) is 6.91. The summed E-state index contributed by atoms with van der Waals surface area (Å²) in [5.41, 5.74) is 0.791. The van der Waals surface area contributed by atoms with Crippen molar-refractivity contribution in [3.8, 4) is 0 Å². The molecule has 1 unspecified atom stereocenters. The minimum atomic E-state index is -0.224. The summed E-state index contributed by atoms with van der Waals surface area (Å²) in [5, 5.41) is 4.21. The zero-order chi connectivity index (χ0) is 19.5. The van der Waals surface area contributed by atoms with Gasteiger partial charge in [-0.3, -0.25) is 9.59 Å². The maximum atomic E-state index is 12.6. The highest BCUT2D eigenvalue weighted by molar-refractivity contribution is 7.99. The van der Waals surface area contributed by atoms with Crippen LogP contribution in [0.1, 0.15) is 57.9 Å². The van der Waals surface area contributed by atoms with Crippen LogP contribution in [-0.2, 0) is 11.2 Å². The quantitative estimate of drug-likeness (QED) is 0.517. The van der Waals surface area contributed by atoms with E-state index in [0.717, 1.165) is 34.5 Å². The molecule has 0 aliphatic rings. The largest absolute Gasteiger partial charge is 0.351 e. The third-order valence-corrected chi connectivity index (χ3v) is 6.71. The van der Waals surface area contributed by atoms with Crippen LogP contribution in [0.4, 0.5) is 0 Å². The fourth-order valence-corrected chi connectivity index (χ4v) is 4.37. The monoisotopic (exact) mass is 395 g/mol. The molecule has 0 aromatic carbocycles. The summed E-state index contributed by atoms with van der Waals surface area (Å²) in [5.74, 6) is 0.720. The van der Waals surface area contributed by atoms with Crippen LogP contribution in [0.25, 0.3) is 10.2 Å². The number of rotatable bonds is 8. The van der Waals surface area contributed by atoms with Crippen LogP contribution in [0.15, 0.2) is 9.95 Å². The van der Waals surface area contributed by atoms with E-state index in [1.165, 1.54) is 11.8 Å². The van der Waals surface area contributed by atoms with E-state index in [2.05, 4.69) is 36.1 Å². The number of carbonyl (C=O) groups is 1. The fourth-order valence-electron chi connectivity index (χ4n) is 2.60. The summed E-state index contributed by atoms with van der Waals surface area (Å²) in [6, 6.07) is 0. The highest BCUT2D eigenvalue weighted by Crippen LogP contribution is 2.30. The standard InChI is InChI=1S/C19H29N3O2S2/c1-7-11(3)9-13-12(4)26-17-15(13)16(24)20-18(21-17)25-10-14(23)22-19(5,6)8-2/h11H,7-10H2,1-6H3,(H,22,23)(H,20,21,24). The number of hydrogen-bond donors (Lipinski definition) is 2. The van der Waals surface area contributed by atoms with Gasteiger partial charge in [0.2, 0.25) is 5.91 Å². The molecule has 0 bridgehead atoms. The fraction of sp³-hybridized carbons (Fsp3) is 0.632. The number of carbonyl (C=O) groups excluding carboxylic acids is 1. The van der Waals surface area contributed by atoms with Crippen molar-refractivity contribution >= 4 is 39.2 Å². The van der Waals surface area contributed by atoms with Crippen molar-refractivity contribution in [2.24, 2.45) is 5.92 Å². The summed E-state index contributed by atoms with van der Waals surface area (Å²) in [7, 11) is 0. The first kappa shape index (κ1) is 21.0.